The van der Waals surface area contributed by atoms with E-state index >= 15 is 0 Å². The number of carboxylic acid groups (broad SMARTS) is 1. The van der Waals surface area contributed by atoms with Crippen LogP contribution in [0.2, 0.25) is 0 Å². The predicted molar refractivity (Wildman–Crippen MR) is 67.6 cm³/mol. The van der Waals surface area contributed by atoms with Gasteiger partial charge in [-0.1, -0.05) is 0 Å². The van der Waals surface area contributed by atoms with Crippen molar-refractivity contribution in [3.63, 3.8) is 0 Å². The summed E-state index contributed by atoms with van der Waals surface area (Å²) in [5, 5.41) is 14.6. The molecule has 0 aromatic heterocycles. The first-order chi connectivity index (χ1) is 8.92. The van der Waals surface area contributed by atoms with E-state index in [2.05, 4.69) is 10.6 Å². The molecule has 2 rings (SSSR count). The summed E-state index contributed by atoms with van der Waals surface area (Å²) in [4.78, 5) is 23.2. The number of nitrogens with one attached hydrogen (secondary N) is 2. The molecule has 0 spiro atoms. The number of hydrogen-bond acceptors (Lipinski definition) is 3. The third-order valence-corrected chi connectivity index (χ3v) is 3.33. The van der Waals surface area contributed by atoms with Crippen LogP contribution in [-0.2, 0) is 4.79 Å². The number of hydrogen-bond donors (Lipinski definition) is 3. The molecule has 1 atom stereocenters. The van der Waals surface area contributed by atoms with E-state index in [1.54, 1.807) is 6.92 Å². The lowest BCUT2D eigenvalue weighted by Gasteiger charge is -2.23. The van der Waals surface area contributed by atoms with Crippen LogP contribution in [0.5, 0.6) is 0 Å². The fourth-order valence-electron chi connectivity index (χ4n) is 2.16. The molecule has 19 heavy (non-hydrogen) atoms. The van der Waals surface area contributed by atoms with E-state index < -0.39 is 17.3 Å². The van der Waals surface area contributed by atoms with Crippen LogP contribution >= 0.6 is 0 Å². The highest BCUT2D eigenvalue weighted by molar-refractivity contribution is 6.03. The van der Waals surface area contributed by atoms with Crippen LogP contribution in [0.25, 0.3) is 0 Å². The largest absolute Gasteiger partial charge is 0.478 e. The third kappa shape index (κ3) is 2.73. The Morgan fingerprint density at radius 3 is 2.79 bits per heavy atom. The molecule has 1 saturated heterocycles. The molecule has 3 N–H and O–H groups in total. The molecule has 0 bridgehead atoms. The highest BCUT2D eigenvalue weighted by atomic mass is 19.1. The number of aromatic carboxylic acids is 1. The summed E-state index contributed by atoms with van der Waals surface area (Å²) in [5.41, 5.74) is -0.883. The van der Waals surface area contributed by atoms with E-state index in [1.807, 2.05) is 0 Å². The number of benzene rings is 1. The zero-order valence-electron chi connectivity index (χ0n) is 10.5. The third-order valence-electron chi connectivity index (χ3n) is 3.33. The van der Waals surface area contributed by atoms with Crippen molar-refractivity contribution in [1.29, 1.82) is 0 Å². The molecule has 1 aliphatic rings. The monoisotopic (exact) mass is 266 g/mol. The summed E-state index contributed by atoms with van der Waals surface area (Å²) >= 11 is 0. The Labute approximate surface area is 109 Å². The first-order valence-electron chi connectivity index (χ1n) is 6.02. The molecule has 1 heterocycles. The first kappa shape index (κ1) is 13.5. The van der Waals surface area contributed by atoms with E-state index in [1.165, 1.54) is 0 Å². The molecule has 0 saturated carbocycles. The normalized spacial score (nSPS) is 22.2. The molecule has 1 aliphatic heterocycles. The molecule has 1 unspecified atom stereocenters. The molecular formula is C13H15FN2O3. The van der Waals surface area contributed by atoms with Gasteiger partial charge < -0.3 is 15.7 Å². The first-order valence-corrected chi connectivity index (χ1v) is 6.02. The summed E-state index contributed by atoms with van der Waals surface area (Å²) in [7, 11) is 0. The van der Waals surface area contributed by atoms with Gasteiger partial charge in [0.25, 0.3) is 0 Å². The number of carbonyl (C=O) groups is 2. The number of carbonyl (C=O) groups excluding carboxylic acids is 1. The average molecular weight is 266 g/mol. The highest BCUT2D eigenvalue weighted by Gasteiger charge is 2.36. The van der Waals surface area contributed by atoms with Gasteiger partial charge in [-0.25, -0.2) is 9.18 Å². The number of carboxylic acids is 1. The van der Waals surface area contributed by atoms with Crippen LogP contribution in [0.4, 0.5) is 10.1 Å². The molecule has 1 aromatic rings. The Balaban J connectivity index is 2.25. The Morgan fingerprint density at radius 1 is 1.47 bits per heavy atom. The Kier molecular flexibility index (Phi) is 3.53. The Morgan fingerprint density at radius 2 is 2.21 bits per heavy atom. The van der Waals surface area contributed by atoms with Gasteiger partial charge in [-0.05, 0) is 44.5 Å². The van der Waals surface area contributed by atoms with Crippen molar-refractivity contribution in [2.45, 2.75) is 25.3 Å². The summed E-state index contributed by atoms with van der Waals surface area (Å²) in [5.74, 6) is -2.15. The standard InChI is InChI=1S/C13H15FN2O3/c1-13(5-2-6-15-13)12(19)16-10-7-8(14)3-4-9(10)11(17)18/h3-4,7,15H,2,5-6H2,1H3,(H,16,19)(H,17,18). The maximum atomic E-state index is 13.2. The minimum absolute atomic E-state index is 0.0209. The van der Waals surface area contributed by atoms with Crippen LogP contribution in [0.3, 0.4) is 0 Å². The minimum atomic E-state index is -1.21. The second kappa shape index (κ2) is 4.97. The molecule has 5 nitrogen and oxygen atoms in total. The fraction of sp³-hybridized carbons (Fsp3) is 0.385. The maximum absolute atomic E-state index is 13.2. The van der Waals surface area contributed by atoms with E-state index in [4.69, 9.17) is 5.11 Å². The van der Waals surface area contributed by atoms with Gasteiger partial charge in [-0.15, -0.1) is 0 Å². The van der Waals surface area contributed by atoms with Gasteiger partial charge in [0.15, 0.2) is 0 Å². The number of anilines is 1. The number of amides is 1. The predicted octanol–water partition coefficient (Wildman–Crippen LogP) is 1.60. The Bertz CT molecular complexity index is 525. The van der Waals surface area contributed by atoms with Gasteiger partial charge in [0.05, 0.1) is 16.8 Å². The van der Waals surface area contributed by atoms with Crippen molar-refractivity contribution >= 4 is 17.6 Å². The Hall–Kier alpha value is -1.95. The highest BCUT2D eigenvalue weighted by Crippen LogP contribution is 2.23. The van der Waals surface area contributed by atoms with Gasteiger partial charge in [0.2, 0.25) is 5.91 Å². The summed E-state index contributed by atoms with van der Waals surface area (Å²) in [6, 6.07) is 3.20. The maximum Gasteiger partial charge on any atom is 0.337 e. The lowest BCUT2D eigenvalue weighted by molar-refractivity contribution is -0.121. The molecule has 6 heteroatoms. The van der Waals surface area contributed by atoms with Gasteiger partial charge in [-0.3, -0.25) is 4.79 Å². The molecular weight excluding hydrogens is 251 g/mol. The zero-order valence-corrected chi connectivity index (χ0v) is 10.5. The minimum Gasteiger partial charge on any atom is -0.478 e. The van der Waals surface area contributed by atoms with Crippen molar-refractivity contribution in [3.05, 3.63) is 29.6 Å². The SMILES string of the molecule is CC1(C(=O)Nc2cc(F)ccc2C(=O)O)CCCN1. The second-order valence-electron chi connectivity index (χ2n) is 4.81. The number of halogens is 1. The molecule has 1 aromatic carbocycles. The van der Waals surface area contributed by atoms with Gasteiger partial charge in [-0.2, -0.15) is 0 Å². The lowest BCUT2D eigenvalue weighted by atomic mass is 9.99. The molecule has 1 fully saturated rings. The van der Waals surface area contributed by atoms with Gasteiger partial charge in [0.1, 0.15) is 5.82 Å². The van der Waals surface area contributed by atoms with Crippen LogP contribution in [0.15, 0.2) is 18.2 Å². The van der Waals surface area contributed by atoms with Gasteiger partial charge in [0, 0.05) is 0 Å². The lowest BCUT2D eigenvalue weighted by Crippen LogP contribution is -2.48. The van der Waals surface area contributed by atoms with Gasteiger partial charge >= 0.3 is 5.97 Å². The molecule has 1 amide bonds. The second-order valence-corrected chi connectivity index (χ2v) is 4.81. The zero-order chi connectivity index (χ0) is 14.0. The van der Waals surface area contributed by atoms with Crippen molar-refractivity contribution in [2.24, 2.45) is 0 Å². The average Bonchev–Trinajstić information content (AvgIpc) is 2.77. The number of rotatable bonds is 3. The van der Waals surface area contributed by atoms with Crippen LogP contribution in [0, 0.1) is 5.82 Å². The van der Waals surface area contributed by atoms with Crippen LogP contribution < -0.4 is 10.6 Å². The summed E-state index contributed by atoms with van der Waals surface area (Å²) < 4.78 is 13.2. The van der Waals surface area contributed by atoms with Crippen molar-refractivity contribution < 1.29 is 19.1 Å². The summed E-state index contributed by atoms with van der Waals surface area (Å²) in [6.07, 6.45) is 1.54. The molecule has 0 radical (unpaired) electrons. The van der Waals surface area contributed by atoms with Crippen LogP contribution in [-0.4, -0.2) is 29.1 Å². The smallest absolute Gasteiger partial charge is 0.337 e. The van der Waals surface area contributed by atoms with Crippen LogP contribution in [0.1, 0.15) is 30.1 Å². The van der Waals surface area contributed by atoms with E-state index in [-0.39, 0.29) is 17.2 Å². The summed E-state index contributed by atoms with van der Waals surface area (Å²) in [6.45, 7) is 2.48. The van der Waals surface area contributed by atoms with Crippen molar-refractivity contribution in [2.75, 3.05) is 11.9 Å². The van der Waals surface area contributed by atoms with Crippen molar-refractivity contribution in [3.8, 4) is 0 Å². The molecule has 102 valence electrons. The van der Waals surface area contributed by atoms with E-state index in [9.17, 15) is 14.0 Å². The fourth-order valence-corrected chi connectivity index (χ4v) is 2.16. The topological polar surface area (TPSA) is 78.4 Å². The van der Waals surface area contributed by atoms with E-state index in [0.29, 0.717) is 6.42 Å². The quantitative estimate of drug-likeness (QED) is 0.776. The van der Waals surface area contributed by atoms with E-state index in [0.717, 1.165) is 31.2 Å². The van der Waals surface area contributed by atoms with Crippen molar-refractivity contribution in [1.82, 2.24) is 5.32 Å². The molecule has 0 aliphatic carbocycles.